The molecule has 0 saturated heterocycles. The van der Waals surface area contributed by atoms with E-state index in [1.165, 1.54) is 12.1 Å². The molecular weight excluding hydrogens is 344 g/mol. The van der Waals surface area contributed by atoms with E-state index >= 15 is 0 Å². The zero-order chi connectivity index (χ0) is 17.6. The van der Waals surface area contributed by atoms with E-state index in [0.717, 1.165) is 16.9 Å². The lowest BCUT2D eigenvalue weighted by molar-refractivity contribution is 0.0954. The third kappa shape index (κ3) is 5.36. The maximum atomic E-state index is 12.2. The molecule has 1 amide bonds. The number of amides is 1. The first-order valence-electron chi connectivity index (χ1n) is 7.38. The molecule has 0 aliphatic carbocycles. The Bertz CT molecular complexity index is 803. The van der Waals surface area contributed by atoms with Gasteiger partial charge in [0.1, 0.15) is 0 Å². The van der Waals surface area contributed by atoms with Crippen molar-refractivity contribution in [2.24, 2.45) is 5.14 Å². The highest BCUT2D eigenvalue weighted by atomic mass is 32.2. The second-order valence-electron chi connectivity index (χ2n) is 5.33. The first-order chi connectivity index (χ1) is 11.4. The van der Waals surface area contributed by atoms with Crippen LogP contribution in [0.25, 0.3) is 0 Å². The zero-order valence-corrected chi connectivity index (χ0v) is 15.0. The van der Waals surface area contributed by atoms with Gasteiger partial charge in [-0.05, 0) is 48.1 Å². The van der Waals surface area contributed by atoms with Crippen LogP contribution in [0.5, 0.6) is 0 Å². The fourth-order valence-corrected chi connectivity index (χ4v) is 3.27. The van der Waals surface area contributed by atoms with E-state index in [1.807, 2.05) is 24.5 Å². The molecule has 2 rings (SSSR count). The topological polar surface area (TPSA) is 89.3 Å². The predicted molar refractivity (Wildman–Crippen MR) is 97.5 cm³/mol. The summed E-state index contributed by atoms with van der Waals surface area (Å²) in [5.74, 6) is 0.761. The average Bonchev–Trinajstić information content (AvgIpc) is 2.55. The van der Waals surface area contributed by atoms with Gasteiger partial charge in [0.05, 0.1) is 4.90 Å². The number of primary sulfonamides is 1. The minimum Gasteiger partial charge on any atom is -0.352 e. The van der Waals surface area contributed by atoms with Gasteiger partial charge in [-0.25, -0.2) is 13.6 Å². The average molecular weight is 364 g/mol. The van der Waals surface area contributed by atoms with Crippen molar-refractivity contribution in [1.82, 2.24) is 5.32 Å². The summed E-state index contributed by atoms with van der Waals surface area (Å²) in [5.41, 5.74) is 2.69. The van der Waals surface area contributed by atoms with Crippen LogP contribution in [-0.4, -0.2) is 27.1 Å². The summed E-state index contributed by atoms with van der Waals surface area (Å²) < 4.78 is 22.4. The fraction of sp³-hybridized carbons (Fsp3) is 0.235. The number of nitrogens with two attached hydrogens (primary N) is 1. The number of hydrogen-bond acceptors (Lipinski definition) is 4. The van der Waals surface area contributed by atoms with Gasteiger partial charge in [0.2, 0.25) is 10.0 Å². The third-order valence-electron chi connectivity index (χ3n) is 3.45. The van der Waals surface area contributed by atoms with Crippen LogP contribution in [0.4, 0.5) is 0 Å². The van der Waals surface area contributed by atoms with E-state index in [-0.39, 0.29) is 10.8 Å². The molecule has 5 nitrogen and oxygen atoms in total. The number of hydrogen-bond donors (Lipinski definition) is 2. The van der Waals surface area contributed by atoms with Gasteiger partial charge in [-0.3, -0.25) is 4.79 Å². The van der Waals surface area contributed by atoms with E-state index in [9.17, 15) is 13.2 Å². The van der Waals surface area contributed by atoms with Gasteiger partial charge in [-0.1, -0.05) is 24.3 Å². The first-order valence-corrected chi connectivity index (χ1v) is 10.3. The molecule has 0 bridgehead atoms. The second kappa shape index (κ2) is 8.32. The Balaban J connectivity index is 1.89. The molecule has 0 fully saturated rings. The number of thioether (sulfide) groups is 1. The van der Waals surface area contributed by atoms with E-state index in [1.54, 1.807) is 30.0 Å². The molecule has 0 aromatic heterocycles. The normalized spacial score (nSPS) is 11.2. The minimum atomic E-state index is -3.67. The van der Waals surface area contributed by atoms with E-state index in [2.05, 4.69) is 5.32 Å². The van der Waals surface area contributed by atoms with Crippen LogP contribution in [0.3, 0.4) is 0 Å². The van der Waals surface area contributed by atoms with E-state index < -0.39 is 10.0 Å². The Morgan fingerprint density at radius 1 is 1.12 bits per heavy atom. The molecule has 0 radical (unpaired) electrons. The Labute approximate surface area is 146 Å². The number of sulfonamides is 1. The van der Waals surface area contributed by atoms with E-state index in [0.29, 0.717) is 18.5 Å². The van der Waals surface area contributed by atoms with Gasteiger partial charge in [-0.2, -0.15) is 11.8 Å². The van der Waals surface area contributed by atoms with Crippen molar-refractivity contribution in [3.8, 4) is 0 Å². The van der Waals surface area contributed by atoms with Crippen molar-refractivity contribution >= 4 is 27.7 Å². The maximum absolute atomic E-state index is 12.2. The van der Waals surface area contributed by atoms with Gasteiger partial charge in [0, 0.05) is 17.9 Å². The maximum Gasteiger partial charge on any atom is 0.251 e. The van der Waals surface area contributed by atoms with Gasteiger partial charge in [-0.15, -0.1) is 0 Å². The van der Waals surface area contributed by atoms with Crippen molar-refractivity contribution in [1.29, 1.82) is 0 Å². The van der Waals surface area contributed by atoms with Gasteiger partial charge < -0.3 is 5.32 Å². The Morgan fingerprint density at radius 3 is 2.46 bits per heavy atom. The van der Waals surface area contributed by atoms with Crippen molar-refractivity contribution in [2.45, 2.75) is 17.1 Å². The van der Waals surface area contributed by atoms with Crippen molar-refractivity contribution < 1.29 is 13.2 Å². The molecule has 0 aliphatic heterocycles. The number of carbonyl (C=O) groups excluding carboxylic acids is 1. The van der Waals surface area contributed by atoms with Crippen LogP contribution in [0.2, 0.25) is 0 Å². The molecule has 0 atom stereocenters. The van der Waals surface area contributed by atoms with Crippen LogP contribution in [-0.2, 0) is 22.2 Å². The van der Waals surface area contributed by atoms with Crippen LogP contribution in [0.15, 0.2) is 53.4 Å². The highest BCUT2D eigenvalue weighted by molar-refractivity contribution is 7.97. The molecule has 0 spiro atoms. The van der Waals surface area contributed by atoms with Crippen molar-refractivity contribution in [3.63, 3.8) is 0 Å². The largest absolute Gasteiger partial charge is 0.352 e. The van der Waals surface area contributed by atoms with Crippen molar-refractivity contribution in [3.05, 3.63) is 65.2 Å². The molecule has 2 aromatic carbocycles. The van der Waals surface area contributed by atoms with Crippen LogP contribution in [0, 0.1) is 0 Å². The molecule has 3 N–H and O–H groups in total. The van der Waals surface area contributed by atoms with E-state index in [4.69, 9.17) is 5.14 Å². The predicted octanol–water partition coefficient (Wildman–Crippen LogP) is 2.17. The number of nitrogens with one attached hydrogen (secondary N) is 1. The highest BCUT2D eigenvalue weighted by Crippen LogP contribution is 2.12. The second-order valence-corrected chi connectivity index (χ2v) is 7.76. The number of carbonyl (C=O) groups is 1. The summed E-state index contributed by atoms with van der Waals surface area (Å²) in [7, 11) is -3.67. The summed E-state index contributed by atoms with van der Waals surface area (Å²) in [6.45, 7) is 0.473. The van der Waals surface area contributed by atoms with Gasteiger partial charge >= 0.3 is 0 Å². The lowest BCUT2D eigenvalue weighted by Gasteiger charge is -2.07. The van der Waals surface area contributed by atoms with Gasteiger partial charge in [0.25, 0.3) is 5.91 Å². The van der Waals surface area contributed by atoms with Crippen LogP contribution >= 0.6 is 11.8 Å². The highest BCUT2D eigenvalue weighted by Gasteiger charge is 2.08. The lowest BCUT2D eigenvalue weighted by atomic mass is 10.1. The molecule has 0 saturated carbocycles. The first kappa shape index (κ1) is 18.5. The smallest absolute Gasteiger partial charge is 0.251 e. The molecular formula is C17H20N2O3S2. The monoisotopic (exact) mass is 364 g/mol. The molecule has 7 heteroatoms. The molecule has 0 unspecified atom stereocenters. The molecule has 2 aromatic rings. The van der Waals surface area contributed by atoms with Crippen LogP contribution < -0.4 is 10.5 Å². The number of rotatable bonds is 7. The Hall–Kier alpha value is -1.83. The summed E-state index contributed by atoms with van der Waals surface area (Å²) >= 11 is 1.71. The van der Waals surface area contributed by atoms with Crippen molar-refractivity contribution in [2.75, 3.05) is 12.8 Å². The molecule has 0 heterocycles. The summed E-state index contributed by atoms with van der Waals surface area (Å²) in [6, 6.07) is 13.9. The fourth-order valence-electron chi connectivity index (χ4n) is 2.24. The molecule has 0 aliphatic rings. The molecule has 128 valence electrons. The van der Waals surface area contributed by atoms with Crippen LogP contribution in [0.1, 0.15) is 21.5 Å². The quantitative estimate of drug-likeness (QED) is 0.788. The Kier molecular flexibility index (Phi) is 6.42. The standard InChI is InChI=1S/C17H20N2O3S2/c1-23-12-14-3-2-4-15(11-14)17(20)19-10-9-13-5-7-16(8-6-13)24(18,21)22/h2-8,11H,9-10,12H2,1H3,(H,19,20)(H2,18,21,22). The Morgan fingerprint density at radius 2 is 1.83 bits per heavy atom. The zero-order valence-electron chi connectivity index (χ0n) is 13.4. The summed E-state index contributed by atoms with van der Waals surface area (Å²) in [6.07, 6.45) is 2.63. The number of benzene rings is 2. The minimum absolute atomic E-state index is 0.0842. The summed E-state index contributed by atoms with van der Waals surface area (Å²) in [5, 5.41) is 7.93. The SMILES string of the molecule is CSCc1cccc(C(=O)NCCc2ccc(S(N)(=O)=O)cc2)c1. The van der Waals surface area contributed by atoms with Gasteiger partial charge in [0.15, 0.2) is 0 Å². The summed E-state index contributed by atoms with van der Waals surface area (Å²) in [4.78, 5) is 12.2. The third-order valence-corrected chi connectivity index (χ3v) is 5.00. The molecule has 24 heavy (non-hydrogen) atoms. The lowest BCUT2D eigenvalue weighted by Crippen LogP contribution is -2.25.